The van der Waals surface area contributed by atoms with E-state index >= 15 is 0 Å². The topological polar surface area (TPSA) is 12.0 Å². The van der Waals surface area contributed by atoms with E-state index < -0.39 is 0 Å². The first-order valence-electron chi connectivity index (χ1n) is 6.55. The van der Waals surface area contributed by atoms with Gasteiger partial charge in [0.1, 0.15) is 0 Å². The van der Waals surface area contributed by atoms with Crippen molar-refractivity contribution in [2.75, 3.05) is 18.6 Å². The molecule has 1 fully saturated rings. The van der Waals surface area contributed by atoms with Crippen LogP contribution in [0.5, 0.6) is 0 Å². The van der Waals surface area contributed by atoms with Gasteiger partial charge in [0, 0.05) is 6.04 Å². The Balaban J connectivity index is 1.94. The van der Waals surface area contributed by atoms with Gasteiger partial charge in [-0.25, -0.2) is 0 Å². The number of nitrogens with one attached hydrogen (secondary N) is 1. The van der Waals surface area contributed by atoms with Crippen molar-refractivity contribution >= 4 is 11.8 Å². The van der Waals surface area contributed by atoms with Crippen LogP contribution in [0.25, 0.3) is 0 Å². The summed E-state index contributed by atoms with van der Waals surface area (Å²) in [6.07, 6.45) is 12.3. The van der Waals surface area contributed by atoms with Crippen LogP contribution in [0.15, 0.2) is 0 Å². The van der Waals surface area contributed by atoms with Gasteiger partial charge in [-0.05, 0) is 44.2 Å². The molecule has 1 aliphatic rings. The average Bonchev–Trinajstić information content (AvgIpc) is 2.28. The van der Waals surface area contributed by atoms with Gasteiger partial charge in [-0.1, -0.05) is 32.1 Å². The van der Waals surface area contributed by atoms with Crippen molar-refractivity contribution in [2.45, 2.75) is 57.9 Å². The highest BCUT2D eigenvalue weighted by molar-refractivity contribution is 7.98. The third-order valence-electron chi connectivity index (χ3n) is 3.53. The summed E-state index contributed by atoms with van der Waals surface area (Å²) in [4.78, 5) is 0. The molecule has 1 atom stereocenters. The quantitative estimate of drug-likeness (QED) is 0.714. The van der Waals surface area contributed by atoms with E-state index in [1.165, 1.54) is 57.2 Å². The predicted molar refractivity (Wildman–Crippen MR) is 71.7 cm³/mol. The summed E-state index contributed by atoms with van der Waals surface area (Å²) >= 11 is 1.95. The SMILES string of the molecule is CSCCC(C)NCCC1CCCCC1. The van der Waals surface area contributed by atoms with Crippen molar-refractivity contribution in [3.8, 4) is 0 Å². The minimum Gasteiger partial charge on any atom is -0.314 e. The Labute approximate surface area is 99.8 Å². The molecular formula is C13H27NS. The molecule has 90 valence electrons. The van der Waals surface area contributed by atoms with E-state index in [-0.39, 0.29) is 0 Å². The minimum atomic E-state index is 0.709. The summed E-state index contributed by atoms with van der Waals surface area (Å²) in [6, 6.07) is 0.709. The molecule has 1 nitrogen and oxygen atoms in total. The zero-order valence-electron chi connectivity index (χ0n) is 10.4. The maximum Gasteiger partial charge on any atom is 0.00465 e. The molecule has 0 spiro atoms. The summed E-state index contributed by atoms with van der Waals surface area (Å²) in [5, 5.41) is 3.65. The third-order valence-corrected chi connectivity index (χ3v) is 4.17. The standard InChI is InChI=1S/C13H27NS/c1-12(9-11-15-2)14-10-8-13-6-4-3-5-7-13/h12-14H,3-11H2,1-2H3. The summed E-state index contributed by atoms with van der Waals surface area (Å²) < 4.78 is 0. The van der Waals surface area contributed by atoms with Crippen LogP contribution in [0.4, 0.5) is 0 Å². The third kappa shape index (κ3) is 6.47. The fraction of sp³-hybridized carbons (Fsp3) is 1.00. The summed E-state index contributed by atoms with van der Waals surface area (Å²) in [6.45, 7) is 3.55. The highest BCUT2D eigenvalue weighted by atomic mass is 32.2. The van der Waals surface area contributed by atoms with Crippen molar-refractivity contribution in [1.29, 1.82) is 0 Å². The minimum absolute atomic E-state index is 0.709. The molecule has 1 saturated carbocycles. The average molecular weight is 229 g/mol. The van der Waals surface area contributed by atoms with E-state index in [4.69, 9.17) is 0 Å². The van der Waals surface area contributed by atoms with Crippen LogP contribution in [0, 0.1) is 5.92 Å². The molecular weight excluding hydrogens is 202 g/mol. The van der Waals surface area contributed by atoms with Crippen molar-refractivity contribution in [2.24, 2.45) is 5.92 Å². The van der Waals surface area contributed by atoms with Crippen LogP contribution in [0.1, 0.15) is 51.9 Å². The number of hydrogen-bond acceptors (Lipinski definition) is 2. The van der Waals surface area contributed by atoms with Gasteiger partial charge in [-0.15, -0.1) is 0 Å². The van der Waals surface area contributed by atoms with Gasteiger partial charge in [-0.3, -0.25) is 0 Å². The van der Waals surface area contributed by atoms with Crippen LogP contribution >= 0.6 is 11.8 Å². The van der Waals surface area contributed by atoms with Gasteiger partial charge in [0.2, 0.25) is 0 Å². The molecule has 0 saturated heterocycles. The first kappa shape index (κ1) is 13.4. The van der Waals surface area contributed by atoms with Gasteiger partial charge in [-0.2, -0.15) is 11.8 Å². The molecule has 2 heteroatoms. The Morgan fingerprint density at radius 3 is 2.67 bits per heavy atom. The Morgan fingerprint density at radius 1 is 1.27 bits per heavy atom. The molecule has 0 aromatic heterocycles. The van der Waals surface area contributed by atoms with Gasteiger partial charge in [0.25, 0.3) is 0 Å². The maximum atomic E-state index is 3.65. The van der Waals surface area contributed by atoms with Crippen molar-refractivity contribution < 1.29 is 0 Å². The largest absolute Gasteiger partial charge is 0.314 e. The van der Waals surface area contributed by atoms with E-state index in [0.717, 1.165) is 5.92 Å². The lowest BCUT2D eigenvalue weighted by Gasteiger charge is -2.22. The van der Waals surface area contributed by atoms with Gasteiger partial charge in [0.05, 0.1) is 0 Å². The highest BCUT2D eigenvalue weighted by Crippen LogP contribution is 2.25. The molecule has 0 aromatic rings. The lowest BCUT2D eigenvalue weighted by molar-refractivity contribution is 0.328. The Bertz CT molecular complexity index is 143. The van der Waals surface area contributed by atoms with Crippen LogP contribution < -0.4 is 5.32 Å². The number of rotatable bonds is 7. The second-order valence-electron chi connectivity index (χ2n) is 4.93. The number of thioether (sulfide) groups is 1. The fourth-order valence-corrected chi connectivity index (χ4v) is 3.00. The van der Waals surface area contributed by atoms with E-state index in [1.807, 2.05) is 11.8 Å². The lowest BCUT2D eigenvalue weighted by Crippen LogP contribution is -2.29. The molecule has 0 radical (unpaired) electrons. The molecule has 1 rings (SSSR count). The van der Waals surface area contributed by atoms with Gasteiger partial charge < -0.3 is 5.32 Å². The molecule has 15 heavy (non-hydrogen) atoms. The summed E-state index contributed by atoms with van der Waals surface area (Å²) in [7, 11) is 0. The summed E-state index contributed by atoms with van der Waals surface area (Å²) in [5.41, 5.74) is 0. The zero-order valence-corrected chi connectivity index (χ0v) is 11.2. The fourth-order valence-electron chi connectivity index (χ4n) is 2.41. The molecule has 0 aliphatic heterocycles. The van der Waals surface area contributed by atoms with Gasteiger partial charge in [0.15, 0.2) is 0 Å². The van der Waals surface area contributed by atoms with E-state index in [1.54, 1.807) is 0 Å². The molecule has 0 aromatic carbocycles. The molecule has 1 N–H and O–H groups in total. The molecule has 1 unspecified atom stereocenters. The van der Waals surface area contributed by atoms with E-state index in [9.17, 15) is 0 Å². The smallest absolute Gasteiger partial charge is 0.00465 e. The Hall–Kier alpha value is 0.310. The molecule has 0 amide bonds. The predicted octanol–water partition coefficient (Wildman–Crippen LogP) is 3.69. The summed E-state index contributed by atoms with van der Waals surface area (Å²) in [5.74, 6) is 2.32. The monoisotopic (exact) mass is 229 g/mol. The van der Waals surface area contributed by atoms with Crippen LogP contribution in [-0.2, 0) is 0 Å². The maximum absolute atomic E-state index is 3.65. The zero-order chi connectivity index (χ0) is 10.9. The van der Waals surface area contributed by atoms with Crippen molar-refractivity contribution in [3.05, 3.63) is 0 Å². The molecule has 0 bridgehead atoms. The molecule has 0 heterocycles. The van der Waals surface area contributed by atoms with Crippen molar-refractivity contribution in [3.63, 3.8) is 0 Å². The second kappa shape index (κ2) is 8.46. The first-order valence-corrected chi connectivity index (χ1v) is 7.94. The molecule has 1 aliphatic carbocycles. The van der Waals surface area contributed by atoms with Crippen molar-refractivity contribution in [1.82, 2.24) is 5.32 Å². The Morgan fingerprint density at radius 2 is 2.00 bits per heavy atom. The van der Waals surface area contributed by atoms with E-state index in [0.29, 0.717) is 6.04 Å². The van der Waals surface area contributed by atoms with Crippen LogP contribution in [-0.4, -0.2) is 24.6 Å². The van der Waals surface area contributed by atoms with E-state index in [2.05, 4.69) is 18.5 Å². The Kier molecular flexibility index (Phi) is 7.54. The lowest BCUT2D eigenvalue weighted by atomic mass is 9.87. The normalized spacial score (nSPS) is 20.4. The van der Waals surface area contributed by atoms with Crippen LogP contribution in [0.2, 0.25) is 0 Å². The number of hydrogen-bond donors (Lipinski definition) is 1. The first-order chi connectivity index (χ1) is 7.33. The van der Waals surface area contributed by atoms with Crippen LogP contribution in [0.3, 0.4) is 0 Å². The van der Waals surface area contributed by atoms with Gasteiger partial charge >= 0.3 is 0 Å². The second-order valence-corrected chi connectivity index (χ2v) is 5.91. The highest BCUT2D eigenvalue weighted by Gasteiger charge is 2.12.